The number of carboxylic acids is 1. The van der Waals surface area contributed by atoms with Gasteiger partial charge in [0, 0.05) is 5.75 Å². The van der Waals surface area contributed by atoms with E-state index in [-0.39, 0.29) is 6.61 Å². The van der Waals surface area contributed by atoms with Gasteiger partial charge in [0.2, 0.25) is 5.91 Å². The zero-order valence-electron chi connectivity index (χ0n) is 12.6. The second-order valence-corrected chi connectivity index (χ2v) is 6.09. The van der Waals surface area contributed by atoms with E-state index >= 15 is 0 Å². The molecule has 0 spiro atoms. The maximum atomic E-state index is 12.2. The summed E-state index contributed by atoms with van der Waals surface area (Å²) in [4.78, 5) is 36.3. The number of amides is 2. The van der Waals surface area contributed by atoms with Gasteiger partial charge in [-0.1, -0.05) is 30.3 Å². The van der Waals surface area contributed by atoms with Crippen molar-refractivity contribution < 1.29 is 24.2 Å². The van der Waals surface area contributed by atoms with Crippen LogP contribution in [0.25, 0.3) is 0 Å². The summed E-state index contributed by atoms with van der Waals surface area (Å²) in [6.45, 7) is 1.61. The fourth-order valence-corrected chi connectivity index (χ4v) is 3.27. The second-order valence-electron chi connectivity index (χ2n) is 5.09. The van der Waals surface area contributed by atoms with Crippen molar-refractivity contribution in [2.45, 2.75) is 25.6 Å². The molecular formula is C15H18N2O5S. The minimum absolute atomic E-state index is 0.102. The third kappa shape index (κ3) is 4.62. The lowest BCUT2D eigenvalue weighted by molar-refractivity contribution is -0.148. The highest BCUT2D eigenvalue weighted by Gasteiger charge is 2.36. The maximum absolute atomic E-state index is 12.2. The predicted molar refractivity (Wildman–Crippen MR) is 84.8 cm³/mol. The lowest BCUT2D eigenvalue weighted by Gasteiger charge is -2.24. The van der Waals surface area contributed by atoms with Crippen LogP contribution in [0, 0.1) is 0 Å². The summed E-state index contributed by atoms with van der Waals surface area (Å²) in [7, 11) is 0. The van der Waals surface area contributed by atoms with E-state index in [1.807, 2.05) is 30.3 Å². The molecule has 2 N–H and O–H groups in total. The molecule has 23 heavy (non-hydrogen) atoms. The van der Waals surface area contributed by atoms with Crippen LogP contribution in [0.3, 0.4) is 0 Å². The molecule has 1 heterocycles. The molecule has 0 aliphatic carbocycles. The first-order valence-corrected chi connectivity index (χ1v) is 8.22. The van der Waals surface area contributed by atoms with Gasteiger partial charge in [-0.25, -0.2) is 9.59 Å². The number of nitrogens with zero attached hydrogens (tertiary/aromatic N) is 1. The number of carbonyl (C=O) groups excluding carboxylic acids is 2. The first-order chi connectivity index (χ1) is 11.0. The topological polar surface area (TPSA) is 95.9 Å². The van der Waals surface area contributed by atoms with E-state index in [1.165, 1.54) is 23.6 Å². The van der Waals surface area contributed by atoms with E-state index in [0.717, 1.165) is 5.56 Å². The van der Waals surface area contributed by atoms with Crippen LogP contribution in [-0.4, -0.2) is 51.7 Å². The minimum Gasteiger partial charge on any atom is -0.480 e. The lowest BCUT2D eigenvalue weighted by Crippen LogP contribution is -2.51. The van der Waals surface area contributed by atoms with Crippen molar-refractivity contribution in [3.05, 3.63) is 35.9 Å². The molecule has 1 aromatic rings. The maximum Gasteiger partial charge on any atom is 0.408 e. The molecule has 1 saturated heterocycles. The Morgan fingerprint density at radius 3 is 2.74 bits per heavy atom. The van der Waals surface area contributed by atoms with Crippen molar-refractivity contribution in [3.8, 4) is 0 Å². The number of rotatable bonds is 5. The summed E-state index contributed by atoms with van der Waals surface area (Å²) >= 11 is 1.37. The molecule has 0 unspecified atom stereocenters. The van der Waals surface area contributed by atoms with Gasteiger partial charge in [-0.05, 0) is 12.5 Å². The molecule has 8 heteroatoms. The highest BCUT2D eigenvalue weighted by molar-refractivity contribution is 7.99. The summed E-state index contributed by atoms with van der Waals surface area (Å²) in [6, 6.07) is 7.47. The number of carboxylic acid groups (broad SMARTS) is 1. The minimum atomic E-state index is -1.04. The van der Waals surface area contributed by atoms with Gasteiger partial charge in [-0.3, -0.25) is 4.79 Å². The number of carbonyl (C=O) groups is 3. The van der Waals surface area contributed by atoms with Crippen LogP contribution in [0.5, 0.6) is 0 Å². The highest BCUT2D eigenvalue weighted by Crippen LogP contribution is 2.21. The van der Waals surface area contributed by atoms with Crippen molar-refractivity contribution in [1.29, 1.82) is 0 Å². The van der Waals surface area contributed by atoms with Gasteiger partial charge in [0.1, 0.15) is 18.7 Å². The average molecular weight is 338 g/mol. The van der Waals surface area contributed by atoms with Gasteiger partial charge in [0.15, 0.2) is 0 Å². The van der Waals surface area contributed by atoms with Gasteiger partial charge in [0.05, 0.1) is 5.88 Å². The van der Waals surface area contributed by atoms with E-state index in [9.17, 15) is 14.4 Å². The molecule has 2 atom stereocenters. The van der Waals surface area contributed by atoms with Crippen molar-refractivity contribution in [3.63, 3.8) is 0 Å². The van der Waals surface area contributed by atoms with Crippen LogP contribution in [0.1, 0.15) is 12.5 Å². The highest BCUT2D eigenvalue weighted by atomic mass is 32.2. The number of alkyl carbamates (subject to hydrolysis) is 1. The number of benzene rings is 1. The van der Waals surface area contributed by atoms with E-state index in [2.05, 4.69) is 5.32 Å². The fraction of sp³-hybridized carbons (Fsp3) is 0.400. The molecule has 124 valence electrons. The fourth-order valence-electron chi connectivity index (χ4n) is 2.12. The zero-order chi connectivity index (χ0) is 16.8. The monoisotopic (exact) mass is 338 g/mol. The molecule has 0 radical (unpaired) electrons. The molecule has 0 saturated carbocycles. The summed E-state index contributed by atoms with van der Waals surface area (Å²) in [5, 5.41) is 11.5. The van der Waals surface area contributed by atoms with Crippen molar-refractivity contribution in [1.82, 2.24) is 10.2 Å². The van der Waals surface area contributed by atoms with E-state index in [0.29, 0.717) is 11.6 Å². The number of hydrogen-bond acceptors (Lipinski definition) is 5. The summed E-state index contributed by atoms with van der Waals surface area (Å²) in [5.74, 6) is -0.811. The van der Waals surface area contributed by atoms with Crippen LogP contribution < -0.4 is 5.32 Å². The SMILES string of the molecule is C[C@H](NC(=O)OCc1ccccc1)C(=O)N1CSC[C@H]1C(=O)O. The number of aliphatic carboxylic acids is 1. The Hall–Kier alpha value is -2.22. The number of ether oxygens (including phenoxy) is 1. The molecule has 7 nitrogen and oxygen atoms in total. The Morgan fingerprint density at radius 2 is 2.09 bits per heavy atom. The van der Waals surface area contributed by atoms with Gasteiger partial charge >= 0.3 is 12.1 Å². The van der Waals surface area contributed by atoms with Crippen molar-refractivity contribution in [2.75, 3.05) is 11.6 Å². The third-order valence-corrected chi connectivity index (χ3v) is 4.38. The van der Waals surface area contributed by atoms with E-state index in [4.69, 9.17) is 9.84 Å². The quantitative estimate of drug-likeness (QED) is 0.840. The molecule has 2 rings (SSSR count). The molecule has 1 aliphatic rings. The van der Waals surface area contributed by atoms with E-state index < -0.39 is 30.1 Å². The number of thioether (sulfide) groups is 1. The molecule has 2 amide bonds. The second kappa shape index (κ2) is 7.87. The lowest BCUT2D eigenvalue weighted by atomic mass is 10.2. The number of nitrogens with one attached hydrogen (secondary N) is 1. The molecule has 1 aromatic carbocycles. The summed E-state index contributed by atoms with van der Waals surface area (Å²) in [6.07, 6.45) is -0.714. The largest absolute Gasteiger partial charge is 0.480 e. The zero-order valence-corrected chi connectivity index (χ0v) is 13.4. The Bertz CT molecular complexity index is 580. The third-order valence-electron chi connectivity index (χ3n) is 3.37. The Morgan fingerprint density at radius 1 is 1.39 bits per heavy atom. The standard InChI is InChI=1S/C15H18N2O5S/c1-10(13(18)17-9-23-8-12(17)14(19)20)16-15(21)22-7-11-5-3-2-4-6-11/h2-6,10,12H,7-9H2,1H3,(H,16,21)(H,19,20)/t10-,12-/m0/s1. The first-order valence-electron chi connectivity index (χ1n) is 7.07. The molecular weight excluding hydrogens is 320 g/mol. The Labute approximate surface area is 138 Å². The van der Waals surface area contributed by atoms with Crippen molar-refractivity contribution in [2.24, 2.45) is 0 Å². The normalized spacial score (nSPS) is 18.3. The smallest absolute Gasteiger partial charge is 0.408 e. The van der Waals surface area contributed by atoms with Crippen molar-refractivity contribution >= 4 is 29.7 Å². The van der Waals surface area contributed by atoms with Gasteiger partial charge in [-0.15, -0.1) is 11.8 Å². The van der Waals surface area contributed by atoms with Crippen LogP contribution >= 0.6 is 11.8 Å². The Kier molecular flexibility index (Phi) is 5.86. The molecule has 1 fully saturated rings. The predicted octanol–water partition coefficient (Wildman–Crippen LogP) is 1.29. The van der Waals surface area contributed by atoms with Crippen LogP contribution in [0.2, 0.25) is 0 Å². The number of hydrogen-bond donors (Lipinski definition) is 2. The molecule has 0 bridgehead atoms. The molecule has 0 aromatic heterocycles. The average Bonchev–Trinajstić information content (AvgIpc) is 3.03. The van der Waals surface area contributed by atoms with Crippen LogP contribution in [0.4, 0.5) is 4.79 Å². The molecule has 1 aliphatic heterocycles. The first kappa shape index (κ1) is 17.1. The van der Waals surface area contributed by atoms with Gasteiger partial charge in [-0.2, -0.15) is 0 Å². The van der Waals surface area contributed by atoms with Gasteiger partial charge < -0.3 is 20.1 Å². The van der Waals surface area contributed by atoms with Crippen LogP contribution in [0.15, 0.2) is 30.3 Å². The summed E-state index contributed by atoms with van der Waals surface area (Å²) in [5.41, 5.74) is 0.837. The van der Waals surface area contributed by atoms with E-state index in [1.54, 1.807) is 0 Å². The van der Waals surface area contributed by atoms with Crippen LogP contribution in [-0.2, 0) is 20.9 Å². The van der Waals surface area contributed by atoms with Gasteiger partial charge in [0.25, 0.3) is 0 Å². The Balaban J connectivity index is 1.83. The summed E-state index contributed by atoms with van der Waals surface area (Å²) < 4.78 is 5.04.